The number of rotatable bonds is 16. The van der Waals surface area contributed by atoms with Crippen molar-refractivity contribution in [3.05, 3.63) is 125 Å². The van der Waals surface area contributed by atoms with E-state index in [0.29, 0.717) is 60.4 Å². The summed E-state index contributed by atoms with van der Waals surface area (Å²) in [5, 5.41) is 38.6. The Morgan fingerprint density at radius 1 is 0.727 bits per heavy atom. The Bertz CT molecular complexity index is 3700. The van der Waals surface area contributed by atoms with Crippen LogP contribution in [0.3, 0.4) is 0 Å². The summed E-state index contributed by atoms with van der Waals surface area (Å²) in [5.74, 6) is 1.62. The summed E-state index contributed by atoms with van der Waals surface area (Å²) < 4.78 is 69.7. The second-order valence-electron chi connectivity index (χ2n) is 23.1. The molecule has 2 amide bonds. The van der Waals surface area contributed by atoms with Crippen molar-refractivity contribution in [2.45, 2.75) is 115 Å². The van der Waals surface area contributed by atoms with Gasteiger partial charge in [-0.3, -0.25) is 14.4 Å². The molecule has 2 aromatic carbocycles. The summed E-state index contributed by atoms with van der Waals surface area (Å²) in [6.45, 7) is 20.3. The van der Waals surface area contributed by atoms with Crippen LogP contribution in [0.4, 0.5) is 5.82 Å². The Hall–Kier alpha value is -3.68. The van der Waals surface area contributed by atoms with Gasteiger partial charge in [0.25, 0.3) is 38.3 Å². The number of nitrogens with zero attached hydrogens (tertiary/aromatic N) is 9. The molecule has 2 aliphatic carbocycles. The van der Waals surface area contributed by atoms with Crippen molar-refractivity contribution in [3.63, 3.8) is 0 Å². The Labute approximate surface area is 625 Å². The van der Waals surface area contributed by atoms with Crippen molar-refractivity contribution >= 4 is 95.2 Å². The minimum Gasteiger partial charge on any atom is -1.00 e. The predicted molar refractivity (Wildman–Crippen MR) is 332 cm³/mol. The van der Waals surface area contributed by atoms with E-state index in [1.807, 2.05) is 21.8 Å². The third-order valence-corrected chi connectivity index (χ3v) is 17.2. The zero-order valence-electron chi connectivity index (χ0n) is 51.7. The van der Waals surface area contributed by atoms with Gasteiger partial charge in [0, 0.05) is 53.0 Å². The molecule has 4 aromatic heterocycles. The molecule has 3 N–H and O–H groups in total. The van der Waals surface area contributed by atoms with Gasteiger partial charge in [0.05, 0.1) is 57.4 Å². The smallest absolute Gasteiger partial charge is 1.00 e. The Morgan fingerprint density at radius 3 is 1.53 bits per heavy atom. The summed E-state index contributed by atoms with van der Waals surface area (Å²) in [7, 11) is -8.42. The molecule has 0 radical (unpaired) electrons. The number of nitrogens with one attached hydrogen (secondary N) is 3. The molecule has 2 aliphatic heterocycles. The van der Waals surface area contributed by atoms with E-state index >= 15 is 0 Å². The molecule has 2 saturated carbocycles. The van der Waals surface area contributed by atoms with Crippen LogP contribution < -0.4 is 137 Å². The number of ether oxygens (including phenoxy) is 2. The molecule has 6 heterocycles. The van der Waals surface area contributed by atoms with Gasteiger partial charge in [-0.15, -0.1) is 22.6 Å². The van der Waals surface area contributed by atoms with Crippen molar-refractivity contribution < 1.29 is 155 Å². The summed E-state index contributed by atoms with van der Waals surface area (Å²) >= 11 is 6.15. The van der Waals surface area contributed by atoms with Crippen molar-refractivity contribution in [2.75, 3.05) is 31.2 Å². The largest absolute Gasteiger partial charge is 1.00 e. The normalized spacial score (nSPS) is 17.3. The quantitative estimate of drug-likeness (QED) is 0.0409. The van der Waals surface area contributed by atoms with Crippen molar-refractivity contribution in [2.24, 2.45) is 22.7 Å². The van der Waals surface area contributed by atoms with Crippen molar-refractivity contribution in [3.8, 4) is 35.5 Å². The van der Waals surface area contributed by atoms with Gasteiger partial charge in [0.2, 0.25) is 11.8 Å². The molecule has 88 heavy (non-hydrogen) atoms. The van der Waals surface area contributed by atoms with Gasteiger partial charge in [-0.05, 0) is 145 Å². The second kappa shape index (κ2) is 34.3. The Morgan fingerprint density at radius 2 is 1.17 bits per heavy atom. The van der Waals surface area contributed by atoms with Crippen LogP contribution in [-0.4, -0.2) is 102 Å². The standard InChI is InChI=1S/C28H32N6O4S.C21H18ClN5O4S.C7H15N.CH2O3.ClH.2K.2H2S.H/c1-19-15-27(2,3)33(17-19)25-22(26(35)32-39(36,37)21-7-5-6-20(14-21)16-29)8-9-23(30-25)34-13-10-24(31-34)38-18-28(4)11-12-28;1-21(8-9-21)13-31-18-7-10-27(25-18)17-6-5-16(19(22)24-17)20(28)26-32(29,30)15-4-2-3-14(11-15)12-23;1-6-4-7(2,3)8-5-6;2-1-4-3;;;;;;/h5-10,13-14,19H,11-12,15,17-18H2,1-4H3,(H,32,35);2-7,10-11H,8-9,13H2,1H3,(H,26,28);6,8H,4-5H2,1-3H3;1,3H;1H;;;2*1H2;/q;;;;;2*+1;;;-1/p-1/t19-;;6-;;;;;;;/m0.0......./s1. The van der Waals surface area contributed by atoms with E-state index in [4.69, 9.17) is 46.6 Å². The maximum absolute atomic E-state index is 13.4. The van der Waals surface area contributed by atoms with Crippen molar-refractivity contribution in [1.29, 1.82) is 10.5 Å². The van der Waals surface area contributed by atoms with Gasteiger partial charge in [-0.1, -0.05) is 51.4 Å². The molecule has 31 heteroatoms. The maximum atomic E-state index is 13.4. The van der Waals surface area contributed by atoms with Crippen LogP contribution in [0.2, 0.25) is 5.15 Å². The number of nitriles is 2. The van der Waals surface area contributed by atoms with E-state index in [1.54, 1.807) is 41.3 Å². The molecule has 0 bridgehead atoms. The third-order valence-electron chi connectivity index (χ3n) is 14.3. The Kier molecular flexibility index (Phi) is 31.3. The van der Waals surface area contributed by atoms with Crippen LogP contribution in [0, 0.1) is 45.3 Å². The number of hydrogen-bond acceptors (Lipinski definition) is 19. The van der Waals surface area contributed by atoms with Gasteiger partial charge in [0.15, 0.2) is 11.6 Å². The number of pyridine rings is 2. The van der Waals surface area contributed by atoms with Gasteiger partial charge < -0.3 is 31.3 Å². The second-order valence-corrected chi connectivity index (χ2v) is 26.8. The topological polar surface area (TPSA) is 319 Å². The number of benzene rings is 2. The molecule has 2 atom stereocenters. The minimum atomic E-state index is -4.22. The molecule has 466 valence electrons. The van der Waals surface area contributed by atoms with Crippen molar-refractivity contribution in [1.82, 2.24) is 44.3 Å². The molecular formula is C57H72Cl2K2N12O11S4. The van der Waals surface area contributed by atoms with E-state index in [-0.39, 0.29) is 204 Å². The number of aromatic nitrogens is 6. The van der Waals surface area contributed by atoms with Crippen LogP contribution in [0.25, 0.3) is 11.6 Å². The number of carbonyl (C=O) groups excluding carboxylic acids is 3. The fraction of sp³-hybridized carbons (Fsp3) is 0.421. The molecule has 23 nitrogen and oxygen atoms in total. The van der Waals surface area contributed by atoms with Crippen LogP contribution in [0.1, 0.15) is 127 Å². The summed E-state index contributed by atoms with van der Waals surface area (Å²) in [6, 6.07) is 24.1. The SMILES string of the molecule is CC1(COc2ccn(-c3ccc(C(=O)NS(=O)(=O)c4cccc(C#N)c4)c(Cl)n3)n2)CC1.C[C@@H]1CN(c2nc(-n3ccc(OCC4(C)CC4)n3)ccc2C(=O)NS(=O)(=O)c2cccc(C#N)c2)C(C)(C)C1.C[C@@H]1CNC(C)(C)C1.Cl.O=CO[O-].S.S.[H-].[K+].[K+]. The van der Waals surface area contributed by atoms with E-state index < -0.39 is 31.9 Å². The van der Waals surface area contributed by atoms with E-state index in [2.05, 4.69) is 85.5 Å². The number of amides is 2. The number of carbonyl (C=O) groups is 3. The average molecular weight is 1380 g/mol. The first-order chi connectivity index (χ1) is 39.1. The van der Waals surface area contributed by atoms with Crippen LogP contribution in [0.5, 0.6) is 11.8 Å². The summed E-state index contributed by atoms with van der Waals surface area (Å²) in [4.78, 5) is 47.8. The Balaban J connectivity index is 0.000000716. The molecular weight excluding hydrogens is 1310 g/mol. The van der Waals surface area contributed by atoms with Crippen LogP contribution in [0.15, 0.2) is 107 Å². The molecule has 4 aliphatic rings. The molecule has 2 saturated heterocycles. The number of hydrogen-bond donors (Lipinski definition) is 3. The third kappa shape index (κ3) is 22.6. The molecule has 0 unspecified atom stereocenters. The zero-order valence-corrected chi connectivity index (χ0v) is 62.1. The molecule has 0 spiro atoms. The fourth-order valence-corrected chi connectivity index (χ4v) is 11.5. The molecule has 6 aromatic rings. The van der Waals surface area contributed by atoms with E-state index in [9.17, 15) is 26.4 Å². The minimum absolute atomic E-state index is 0. The van der Waals surface area contributed by atoms with Crippen LogP contribution in [-0.2, 0) is 29.7 Å². The predicted octanol–water partition coefficient (Wildman–Crippen LogP) is 1.75. The van der Waals surface area contributed by atoms with E-state index in [1.165, 1.54) is 78.3 Å². The fourth-order valence-electron chi connectivity index (χ4n) is 9.27. The van der Waals surface area contributed by atoms with Gasteiger partial charge in [0.1, 0.15) is 11.0 Å². The summed E-state index contributed by atoms with van der Waals surface area (Å²) in [5.41, 5.74) is 0.885. The summed E-state index contributed by atoms with van der Waals surface area (Å²) in [6.07, 6.45) is 10.2. The monoisotopic (exact) mass is 1380 g/mol. The zero-order chi connectivity index (χ0) is 60.5. The average Bonchev–Trinajstić information content (AvgIpc) is 1.93. The number of anilines is 1. The van der Waals surface area contributed by atoms with Gasteiger partial charge in [-0.25, -0.2) is 45.6 Å². The first-order valence-corrected chi connectivity index (χ1v) is 29.9. The molecule has 10 rings (SSSR count). The van der Waals surface area contributed by atoms with Crippen LogP contribution >= 0.6 is 51.0 Å². The number of halogens is 2. The maximum Gasteiger partial charge on any atom is 1.00 e. The van der Waals surface area contributed by atoms with E-state index in [0.717, 1.165) is 38.0 Å². The van der Waals surface area contributed by atoms with Gasteiger partial charge in [-0.2, -0.15) is 37.5 Å². The molecule has 4 fully saturated rings. The first-order valence-electron chi connectivity index (χ1n) is 26.5. The van der Waals surface area contributed by atoms with Gasteiger partial charge >= 0.3 is 103 Å². The number of sulfonamides is 2. The first kappa shape index (κ1) is 80.4.